The van der Waals surface area contributed by atoms with Gasteiger partial charge in [-0.3, -0.25) is 0 Å². The van der Waals surface area contributed by atoms with Gasteiger partial charge < -0.3 is 5.11 Å². The Hall–Kier alpha value is -0.240. The summed E-state index contributed by atoms with van der Waals surface area (Å²) in [4.78, 5) is 0. The van der Waals surface area contributed by atoms with E-state index in [1.807, 2.05) is 12.1 Å². The fourth-order valence-corrected chi connectivity index (χ4v) is 3.15. The van der Waals surface area contributed by atoms with E-state index in [-0.39, 0.29) is 5.41 Å². The van der Waals surface area contributed by atoms with Crippen LogP contribution < -0.4 is 0 Å². The van der Waals surface area contributed by atoms with Crippen LogP contribution in [-0.4, -0.2) is 5.11 Å². The molecule has 0 bridgehead atoms. The van der Waals surface area contributed by atoms with E-state index in [9.17, 15) is 5.11 Å². The van der Waals surface area contributed by atoms with Crippen molar-refractivity contribution in [3.63, 3.8) is 0 Å². The molecule has 94 valence electrons. The molecule has 1 saturated carbocycles. The highest BCUT2D eigenvalue weighted by Crippen LogP contribution is 2.47. The van der Waals surface area contributed by atoms with Crippen LogP contribution in [0.2, 0.25) is 10.0 Å². The lowest BCUT2D eigenvalue weighted by atomic mass is 9.70. The summed E-state index contributed by atoms with van der Waals surface area (Å²) < 4.78 is 0. The molecule has 0 spiro atoms. The Morgan fingerprint density at radius 1 is 1.18 bits per heavy atom. The van der Waals surface area contributed by atoms with Crippen molar-refractivity contribution >= 4 is 23.2 Å². The van der Waals surface area contributed by atoms with Crippen LogP contribution in [-0.2, 0) is 0 Å². The molecule has 0 aromatic heterocycles. The summed E-state index contributed by atoms with van der Waals surface area (Å²) in [6, 6.07) is 5.47. The van der Waals surface area contributed by atoms with Gasteiger partial charge in [0.25, 0.3) is 0 Å². The van der Waals surface area contributed by atoms with Gasteiger partial charge in [0.05, 0.1) is 16.1 Å². The first-order valence-electron chi connectivity index (χ1n) is 6.16. The normalized spacial score (nSPS) is 21.2. The Morgan fingerprint density at radius 3 is 2.47 bits per heavy atom. The second-order valence-electron chi connectivity index (χ2n) is 5.26. The van der Waals surface area contributed by atoms with Crippen LogP contribution in [0.1, 0.15) is 50.7 Å². The minimum absolute atomic E-state index is 0.0629. The zero-order valence-electron chi connectivity index (χ0n) is 10.0. The third-order valence-electron chi connectivity index (χ3n) is 3.93. The van der Waals surface area contributed by atoms with Crippen molar-refractivity contribution in [2.75, 3.05) is 0 Å². The Morgan fingerprint density at radius 2 is 1.82 bits per heavy atom. The van der Waals surface area contributed by atoms with Gasteiger partial charge in [-0.05, 0) is 24.3 Å². The minimum atomic E-state index is -0.519. The fraction of sp³-hybridized carbons (Fsp3) is 0.571. The number of rotatable bonds is 2. The van der Waals surface area contributed by atoms with Gasteiger partial charge in [0.2, 0.25) is 0 Å². The van der Waals surface area contributed by atoms with E-state index in [0.717, 1.165) is 18.4 Å². The standard InChI is InChI=1S/C14H18Cl2O/c1-14(8-3-2-4-9-14)13(17)10-6-5-7-11(15)12(10)16/h5-7,13,17H,2-4,8-9H2,1H3. The molecular weight excluding hydrogens is 255 g/mol. The van der Waals surface area contributed by atoms with E-state index in [2.05, 4.69) is 6.92 Å². The smallest absolute Gasteiger partial charge is 0.0858 e. The lowest BCUT2D eigenvalue weighted by Gasteiger charge is -2.38. The van der Waals surface area contributed by atoms with Gasteiger partial charge >= 0.3 is 0 Å². The third kappa shape index (κ3) is 2.62. The van der Waals surface area contributed by atoms with Gasteiger partial charge in [-0.25, -0.2) is 0 Å². The molecule has 1 N–H and O–H groups in total. The Kier molecular flexibility index (Phi) is 4.02. The highest BCUT2D eigenvalue weighted by molar-refractivity contribution is 6.42. The maximum absolute atomic E-state index is 10.6. The maximum atomic E-state index is 10.6. The van der Waals surface area contributed by atoms with Crippen molar-refractivity contribution < 1.29 is 5.11 Å². The van der Waals surface area contributed by atoms with E-state index in [1.165, 1.54) is 19.3 Å². The van der Waals surface area contributed by atoms with Crippen LogP contribution in [0.3, 0.4) is 0 Å². The van der Waals surface area contributed by atoms with Crippen molar-refractivity contribution in [1.29, 1.82) is 0 Å². The number of hydrogen-bond acceptors (Lipinski definition) is 1. The number of aliphatic hydroxyl groups is 1. The zero-order chi connectivity index (χ0) is 12.5. The molecule has 0 aliphatic heterocycles. The first-order chi connectivity index (χ1) is 8.04. The third-order valence-corrected chi connectivity index (χ3v) is 4.77. The van der Waals surface area contributed by atoms with Crippen LogP contribution in [0, 0.1) is 5.41 Å². The molecule has 0 radical (unpaired) electrons. The van der Waals surface area contributed by atoms with Gasteiger partial charge in [-0.1, -0.05) is 61.5 Å². The van der Waals surface area contributed by atoms with Gasteiger partial charge in [-0.2, -0.15) is 0 Å². The Balaban J connectivity index is 2.29. The highest BCUT2D eigenvalue weighted by atomic mass is 35.5. The molecule has 1 unspecified atom stereocenters. The van der Waals surface area contributed by atoms with E-state index < -0.39 is 6.10 Å². The molecule has 1 aliphatic carbocycles. The van der Waals surface area contributed by atoms with Gasteiger partial charge in [0.1, 0.15) is 0 Å². The summed E-state index contributed by atoms with van der Waals surface area (Å²) in [5.74, 6) is 0. The summed E-state index contributed by atoms with van der Waals surface area (Å²) in [6.45, 7) is 2.15. The summed E-state index contributed by atoms with van der Waals surface area (Å²) in [7, 11) is 0. The maximum Gasteiger partial charge on any atom is 0.0858 e. The van der Waals surface area contributed by atoms with Crippen LogP contribution in [0.25, 0.3) is 0 Å². The van der Waals surface area contributed by atoms with Gasteiger partial charge in [-0.15, -0.1) is 0 Å². The monoisotopic (exact) mass is 272 g/mol. The Bertz CT molecular complexity index is 397. The molecule has 1 nitrogen and oxygen atoms in total. The topological polar surface area (TPSA) is 20.2 Å². The zero-order valence-corrected chi connectivity index (χ0v) is 11.6. The quantitative estimate of drug-likeness (QED) is 0.804. The molecule has 1 aliphatic rings. The first-order valence-corrected chi connectivity index (χ1v) is 6.92. The molecule has 0 heterocycles. The molecular formula is C14H18Cl2O. The summed E-state index contributed by atoms with van der Waals surface area (Å²) in [5, 5.41) is 11.6. The largest absolute Gasteiger partial charge is 0.388 e. The summed E-state index contributed by atoms with van der Waals surface area (Å²) in [5.41, 5.74) is 0.704. The fourth-order valence-electron chi connectivity index (χ4n) is 2.74. The molecule has 1 aromatic carbocycles. The summed E-state index contributed by atoms with van der Waals surface area (Å²) in [6.07, 6.45) is 5.23. The predicted octanol–water partition coefficient (Wildman–Crippen LogP) is 5.00. The average molecular weight is 273 g/mol. The van der Waals surface area contributed by atoms with Crippen LogP contribution in [0.5, 0.6) is 0 Å². The molecule has 17 heavy (non-hydrogen) atoms. The van der Waals surface area contributed by atoms with Crippen molar-refractivity contribution in [1.82, 2.24) is 0 Å². The van der Waals surface area contributed by atoms with Crippen molar-refractivity contribution in [3.8, 4) is 0 Å². The summed E-state index contributed by atoms with van der Waals surface area (Å²) >= 11 is 12.2. The molecule has 1 aromatic rings. The lowest BCUT2D eigenvalue weighted by Crippen LogP contribution is -2.28. The van der Waals surface area contributed by atoms with Gasteiger partial charge in [0, 0.05) is 5.56 Å². The number of halogens is 2. The van der Waals surface area contributed by atoms with Crippen molar-refractivity contribution in [2.24, 2.45) is 5.41 Å². The molecule has 3 heteroatoms. The van der Waals surface area contributed by atoms with E-state index >= 15 is 0 Å². The number of hydrogen-bond donors (Lipinski definition) is 1. The molecule has 1 atom stereocenters. The average Bonchev–Trinajstić information content (AvgIpc) is 2.33. The predicted molar refractivity (Wildman–Crippen MR) is 72.6 cm³/mol. The lowest BCUT2D eigenvalue weighted by molar-refractivity contribution is 0.00826. The highest BCUT2D eigenvalue weighted by Gasteiger charge is 2.36. The van der Waals surface area contributed by atoms with Crippen LogP contribution in [0.4, 0.5) is 0 Å². The van der Waals surface area contributed by atoms with E-state index in [4.69, 9.17) is 23.2 Å². The van der Waals surface area contributed by atoms with E-state index in [0.29, 0.717) is 10.0 Å². The second-order valence-corrected chi connectivity index (χ2v) is 6.05. The SMILES string of the molecule is CC1(C(O)c2cccc(Cl)c2Cl)CCCCC1. The van der Waals surface area contributed by atoms with Crippen molar-refractivity contribution in [3.05, 3.63) is 33.8 Å². The minimum Gasteiger partial charge on any atom is -0.388 e. The molecule has 0 saturated heterocycles. The van der Waals surface area contributed by atoms with Crippen LogP contribution >= 0.6 is 23.2 Å². The van der Waals surface area contributed by atoms with Crippen LogP contribution in [0.15, 0.2) is 18.2 Å². The molecule has 1 fully saturated rings. The van der Waals surface area contributed by atoms with E-state index in [1.54, 1.807) is 6.07 Å². The first kappa shape index (κ1) is 13.2. The number of benzene rings is 1. The van der Waals surface area contributed by atoms with Crippen molar-refractivity contribution in [2.45, 2.75) is 45.1 Å². The Labute approximate surface area is 113 Å². The second kappa shape index (κ2) is 5.17. The van der Waals surface area contributed by atoms with Gasteiger partial charge in [0.15, 0.2) is 0 Å². The molecule has 2 rings (SSSR count). The molecule has 0 amide bonds. The number of aliphatic hydroxyl groups excluding tert-OH is 1.